The number of aliphatic imine (C=N–C) groups is 1. The molecule has 0 saturated heterocycles. The van der Waals surface area contributed by atoms with Crippen LogP contribution in [0, 0.1) is 0 Å². The summed E-state index contributed by atoms with van der Waals surface area (Å²) in [4.78, 5) is 22.4. The zero-order valence-electron chi connectivity index (χ0n) is 23.3. The summed E-state index contributed by atoms with van der Waals surface area (Å²) in [7, 11) is 1.62. The molecule has 0 aromatic heterocycles. The second-order valence-corrected chi connectivity index (χ2v) is 10.8. The first-order valence-electron chi connectivity index (χ1n) is 14.0. The predicted molar refractivity (Wildman–Crippen MR) is 172 cm³/mol. The molecule has 7 rings (SSSR count). The summed E-state index contributed by atoms with van der Waals surface area (Å²) in [5.74, 6) is 0.473. The van der Waals surface area contributed by atoms with Gasteiger partial charge in [0, 0.05) is 10.6 Å². The number of amides is 1. The van der Waals surface area contributed by atoms with Crippen molar-refractivity contribution in [1.82, 2.24) is 0 Å². The van der Waals surface area contributed by atoms with Crippen LogP contribution in [0.1, 0.15) is 22.6 Å². The number of carbonyl (C=O) groups excluding carboxylic acids is 1. The summed E-state index contributed by atoms with van der Waals surface area (Å²) < 4.78 is 5.41. The van der Waals surface area contributed by atoms with Crippen LogP contribution in [-0.4, -0.2) is 30.2 Å². The molecule has 1 spiro atoms. The molecule has 6 nitrogen and oxygen atoms in total. The van der Waals surface area contributed by atoms with Gasteiger partial charge < -0.3 is 4.74 Å². The molecule has 210 valence electrons. The highest BCUT2D eigenvalue weighted by Gasteiger charge is 2.63. The number of nitrogens with zero attached hydrogens (tertiary/aromatic N) is 4. The Kier molecular flexibility index (Phi) is 6.76. The Labute approximate surface area is 255 Å². The lowest BCUT2D eigenvalue weighted by atomic mass is 9.80. The summed E-state index contributed by atoms with van der Waals surface area (Å²) >= 11 is 6.35. The third-order valence-corrected chi connectivity index (χ3v) is 8.10. The van der Waals surface area contributed by atoms with Crippen molar-refractivity contribution in [3.63, 3.8) is 0 Å². The highest BCUT2D eigenvalue weighted by atomic mass is 35.5. The van der Waals surface area contributed by atoms with Gasteiger partial charge in [-0.05, 0) is 59.7 Å². The van der Waals surface area contributed by atoms with E-state index in [0.29, 0.717) is 22.3 Å². The third-order valence-electron chi connectivity index (χ3n) is 7.85. The molecule has 0 fully saturated rings. The lowest BCUT2D eigenvalue weighted by Gasteiger charge is -2.35. The van der Waals surface area contributed by atoms with E-state index >= 15 is 4.79 Å². The molecule has 0 unspecified atom stereocenters. The standard InChI is InChI=1S/C36H27ClN4O2/c1-43-31-23-21-29(22-24-31)40-34(27-13-7-3-8-14-27)38-36(35(40)42)32(25-17-19-28(37)20-18-25)33(26-11-5-2-6-12-26)39-41(36)30-15-9-4-10-16-30/h2-24,32H,1H3/t32-,36+/m1/s1. The maximum absolute atomic E-state index is 15.3. The fourth-order valence-corrected chi connectivity index (χ4v) is 5.98. The number of benzene rings is 5. The van der Waals surface area contributed by atoms with Gasteiger partial charge in [0.05, 0.1) is 30.1 Å². The van der Waals surface area contributed by atoms with Crippen LogP contribution >= 0.6 is 11.6 Å². The van der Waals surface area contributed by atoms with Crippen LogP contribution in [-0.2, 0) is 4.79 Å². The van der Waals surface area contributed by atoms with Crippen LogP contribution in [0.25, 0.3) is 0 Å². The van der Waals surface area contributed by atoms with Crippen LogP contribution in [0.2, 0.25) is 5.02 Å². The number of ether oxygens (including phenoxy) is 1. The maximum atomic E-state index is 15.3. The van der Waals surface area contributed by atoms with Crippen molar-refractivity contribution in [1.29, 1.82) is 0 Å². The van der Waals surface area contributed by atoms with E-state index in [1.165, 1.54) is 0 Å². The Morgan fingerprint density at radius 1 is 0.698 bits per heavy atom. The third kappa shape index (κ3) is 4.47. The molecule has 0 aliphatic carbocycles. The van der Waals surface area contributed by atoms with Gasteiger partial charge in [-0.15, -0.1) is 0 Å². The maximum Gasteiger partial charge on any atom is 0.284 e. The Morgan fingerprint density at radius 3 is 1.88 bits per heavy atom. The summed E-state index contributed by atoms with van der Waals surface area (Å²) in [6, 6.07) is 44.6. The molecule has 1 amide bonds. The molecule has 7 heteroatoms. The molecule has 0 N–H and O–H groups in total. The van der Waals surface area contributed by atoms with E-state index in [-0.39, 0.29) is 5.91 Å². The fourth-order valence-electron chi connectivity index (χ4n) is 5.85. The number of para-hydroxylation sites is 1. The summed E-state index contributed by atoms with van der Waals surface area (Å²) in [6.45, 7) is 0. The summed E-state index contributed by atoms with van der Waals surface area (Å²) in [6.07, 6.45) is 0. The van der Waals surface area contributed by atoms with E-state index in [1.807, 2.05) is 140 Å². The zero-order valence-corrected chi connectivity index (χ0v) is 24.1. The van der Waals surface area contributed by atoms with Gasteiger partial charge in [0.15, 0.2) is 0 Å². The van der Waals surface area contributed by atoms with Crippen LogP contribution in [0.3, 0.4) is 0 Å². The van der Waals surface area contributed by atoms with Gasteiger partial charge in [0.1, 0.15) is 11.6 Å². The van der Waals surface area contributed by atoms with Crippen LogP contribution in [0.15, 0.2) is 150 Å². The largest absolute Gasteiger partial charge is 0.497 e. The molecule has 43 heavy (non-hydrogen) atoms. The average molecular weight is 583 g/mol. The highest BCUT2D eigenvalue weighted by molar-refractivity contribution is 6.33. The number of anilines is 2. The SMILES string of the molecule is COc1ccc(N2C(=O)[C@]3(N=C2c2ccccc2)[C@H](c2ccc(Cl)cc2)C(c2ccccc2)=NN3c2ccccc2)cc1. The molecule has 2 aliphatic rings. The fraction of sp³-hybridized carbons (Fsp3) is 0.0833. The lowest BCUT2D eigenvalue weighted by molar-refractivity contribution is -0.121. The van der Waals surface area contributed by atoms with Crippen molar-refractivity contribution in [3.8, 4) is 5.75 Å². The molecule has 2 atom stereocenters. The quantitative estimate of drug-likeness (QED) is 0.208. The number of halogens is 1. The highest BCUT2D eigenvalue weighted by Crippen LogP contribution is 2.50. The Hall–Kier alpha value is -5.20. The van der Waals surface area contributed by atoms with Crippen LogP contribution < -0.4 is 14.6 Å². The first-order chi connectivity index (χ1) is 21.1. The number of rotatable bonds is 6. The van der Waals surface area contributed by atoms with Gasteiger partial charge in [0.25, 0.3) is 5.91 Å². The minimum absolute atomic E-state index is 0.213. The van der Waals surface area contributed by atoms with Gasteiger partial charge in [-0.3, -0.25) is 9.69 Å². The second-order valence-electron chi connectivity index (χ2n) is 10.3. The molecule has 0 bridgehead atoms. The Bertz CT molecular complexity index is 1830. The van der Waals surface area contributed by atoms with Crippen molar-refractivity contribution >= 4 is 40.4 Å². The Balaban J connectivity index is 1.52. The van der Waals surface area contributed by atoms with Crippen molar-refractivity contribution in [2.24, 2.45) is 10.1 Å². The number of carbonyl (C=O) groups is 1. The van der Waals surface area contributed by atoms with E-state index in [1.54, 1.807) is 17.0 Å². The van der Waals surface area contributed by atoms with Gasteiger partial charge in [-0.1, -0.05) is 103 Å². The smallest absolute Gasteiger partial charge is 0.284 e. The monoisotopic (exact) mass is 582 g/mol. The number of hydrazone groups is 1. The number of hydrogen-bond acceptors (Lipinski definition) is 5. The molecular formula is C36H27ClN4O2. The van der Waals surface area contributed by atoms with Gasteiger partial charge >= 0.3 is 0 Å². The molecular weight excluding hydrogens is 556 g/mol. The van der Waals surface area contributed by atoms with E-state index in [9.17, 15) is 0 Å². The second kappa shape index (κ2) is 10.9. The van der Waals surface area contributed by atoms with E-state index in [4.69, 9.17) is 26.4 Å². The predicted octanol–water partition coefficient (Wildman–Crippen LogP) is 7.55. The van der Waals surface area contributed by atoms with Gasteiger partial charge in [-0.25, -0.2) is 10.0 Å². The van der Waals surface area contributed by atoms with Gasteiger partial charge in [0.2, 0.25) is 5.66 Å². The topological polar surface area (TPSA) is 57.5 Å². The minimum atomic E-state index is -1.47. The van der Waals surface area contributed by atoms with E-state index < -0.39 is 11.6 Å². The van der Waals surface area contributed by atoms with Gasteiger partial charge in [-0.2, -0.15) is 5.10 Å². The van der Waals surface area contributed by atoms with Crippen molar-refractivity contribution in [3.05, 3.63) is 161 Å². The van der Waals surface area contributed by atoms with Crippen LogP contribution in [0.5, 0.6) is 5.75 Å². The van der Waals surface area contributed by atoms with Crippen molar-refractivity contribution < 1.29 is 9.53 Å². The first kappa shape index (κ1) is 26.7. The molecule has 5 aromatic carbocycles. The molecule has 0 saturated carbocycles. The lowest BCUT2D eigenvalue weighted by Crippen LogP contribution is -2.55. The average Bonchev–Trinajstić information content (AvgIpc) is 3.57. The normalized spacial score (nSPS) is 19.5. The number of hydrogen-bond donors (Lipinski definition) is 0. The number of amidine groups is 1. The van der Waals surface area contributed by atoms with Crippen LogP contribution in [0.4, 0.5) is 11.4 Å². The van der Waals surface area contributed by atoms with E-state index in [0.717, 1.165) is 28.1 Å². The molecule has 2 heterocycles. The Morgan fingerprint density at radius 2 is 1.28 bits per heavy atom. The summed E-state index contributed by atoms with van der Waals surface area (Å²) in [5, 5.41) is 7.63. The molecule has 5 aromatic rings. The molecule has 0 radical (unpaired) electrons. The summed E-state index contributed by atoms with van der Waals surface area (Å²) in [5.41, 5.74) is 3.33. The zero-order chi connectivity index (χ0) is 29.4. The molecule has 2 aliphatic heterocycles. The minimum Gasteiger partial charge on any atom is -0.497 e. The van der Waals surface area contributed by atoms with E-state index in [2.05, 4.69) is 0 Å². The number of methoxy groups -OCH3 is 1. The van der Waals surface area contributed by atoms with Crippen molar-refractivity contribution in [2.75, 3.05) is 17.0 Å². The van der Waals surface area contributed by atoms with Crippen molar-refractivity contribution in [2.45, 2.75) is 11.6 Å². The first-order valence-corrected chi connectivity index (χ1v) is 14.4.